The van der Waals surface area contributed by atoms with E-state index < -0.39 is 0 Å². The van der Waals surface area contributed by atoms with Crippen LogP contribution in [0.25, 0.3) is 22.3 Å². The van der Waals surface area contributed by atoms with Gasteiger partial charge < -0.3 is 15.8 Å². The van der Waals surface area contributed by atoms with Crippen LogP contribution in [0.15, 0.2) is 60.9 Å². The third-order valence-electron chi connectivity index (χ3n) is 6.53. The van der Waals surface area contributed by atoms with Crippen LogP contribution in [-0.2, 0) is 0 Å². The maximum atomic E-state index is 6.30. The van der Waals surface area contributed by atoms with Gasteiger partial charge in [0.15, 0.2) is 5.65 Å². The third-order valence-corrected chi connectivity index (χ3v) is 6.53. The van der Waals surface area contributed by atoms with Gasteiger partial charge in [-0.1, -0.05) is 18.2 Å². The highest BCUT2D eigenvalue weighted by molar-refractivity contribution is 5.98. The van der Waals surface area contributed by atoms with E-state index in [1.807, 2.05) is 54.6 Å². The highest BCUT2D eigenvalue weighted by Crippen LogP contribution is 2.40. The van der Waals surface area contributed by atoms with Gasteiger partial charge in [0.05, 0.1) is 11.4 Å². The Labute approximate surface area is 180 Å². The smallest absolute Gasteiger partial charge is 0.164 e. The van der Waals surface area contributed by atoms with Gasteiger partial charge in [-0.3, -0.25) is 0 Å². The minimum absolute atomic E-state index is 0.290. The first kappa shape index (κ1) is 18.3. The van der Waals surface area contributed by atoms with Gasteiger partial charge in [0.1, 0.15) is 29.3 Å². The maximum Gasteiger partial charge on any atom is 0.164 e. The van der Waals surface area contributed by atoms with Crippen LogP contribution in [-0.4, -0.2) is 32.3 Å². The molecule has 3 unspecified atom stereocenters. The van der Waals surface area contributed by atoms with E-state index in [0.29, 0.717) is 23.8 Å². The molecule has 0 amide bonds. The zero-order valence-corrected chi connectivity index (χ0v) is 17.1. The highest BCUT2D eigenvalue weighted by Gasteiger charge is 2.38. The molecule has 2 aliphatic heterocycles. The molecule has 3 fully saturated rings. The summed E-state index contributed by atoms with van der Waals surface area (Å²) in [5.41, 5.74) is 8.90. The number of benzene rings is 2. The van der Waals surface area contributed by atoms with Gasteiger partial charge in [0.2, 0.25) is 0 Å². The lowest BCUT2D eigenvalue weighted by atomic mass is 9.78. The molecule has 4 heterocycles. The van der Waals surface area contributed by atoms with Crippen LogP contribution >= 0.6 is 0 Å². The first-order valence-corrected chi connectivity index (χ1v) is 10.8. The van der Waals surface area contributed by atoms with E-state index in [2.05, 4.69) is 20.0 Å². The molecule has 2 bridgehead atoms. The molecule has 7 rings (SSSR count). The van der Waals surface area contributed by atoms with Crippen molar-refractivity contribution in [2.24, 2.45) is 5.92 Å². The highest BCUT2D eigenvalue weighted by atomic mass is 16.5. The number of hydrogen-bond acceptors (Lipinski definition) is 6. The fourth-order valence-corrected chi connectivity index (χ4v) is 4.98. The van der Waals surface area contributed by atoms with Crippen molar-refractivity contribution in [3.63, 3.8) is 0 Å². The number of nitrogen functional groups attached to an aromatic ring is 1. The van der Waals surface area contributed by atoms with Crippen molar-refractivity contribution < 1.29 is 4.74 Å². The van der Waals surface area contributed by atoms with Crippen LogP contribution in [0.3, 0.4) is 0 Å². The summed E-state index contributed by atoms with van der Waals surface area (Å²) in [6.45, 7) is 1.10. The van der Waals surface area contributed by atoms with Gasteiger partial charge in [-0.05, 0) is 68.1 Å². The lowest BCUT2D eigenvalue weighted by Gasteiger charge is -2.43. The number of nitrogens with one attached hydrogen (secondary N) is 1. The van der Waals surface area contributed by atoms with Gasteiger partial charge in [-0.2, -0.15) is 5.10 Å². The Hall–Kier alpha value is -3.45. The fourth-order valence-electron chi connectivity index (χ4n) is 4.98. The zero-order valence-electron chi connectivity index (χ0n) is 17.1. The summed E-state index contributed by atoms with van der Waals surface area (Å²) in [6.07, 6.45) is 5.13. The Bertz CT molecular complexity index is 1210. The normalized spacial score (nSPS) is 22.6. The monoisotopic (exact) mass is 412 g/mol. The van der Waals surface area contributed by atoms with Gasteiger partial charge in [0, 0.05) is 11.6 Å². The summed E-state index contributed by atoms with van der Waals surface area (Å²) >= 11 is 0. The summed E-state index contributed by atoms with van der Waals surface area (Å²) in [4.78, 5) is 8.82. The van der Waals surface area contributed by atoms with Crippen LogP contribution in [0.5, 0.6) is 11.5 Å². The van der Waals surface area contributed by atoms with E-state index in [0.717, 1.165) is 46.8 Å². The lowest BCUT2D eigenvalue weighted by molar-refractivity contribution is 0.137. The van der Waals surface area contributed by atoms with E-state index in [4.69, 9.17) is 15.6 Å². The Morgan fingerprint density at radius 3 is 2.48 bits per heavy atom. The SMILES string of the molecule is Nc1ncnc2c1c(-c1ccc(Oc3ccccc3)cc1)nn2C1CC2CCC1NC2. The van der Waals surface area contributed by atoms with E-state index in [1.54, 1.807) is 0 Å². The molecule has 3 atom stereocenters. The van der Waals surface area contributed by atoms with E-state index >= 15 is 0 Å². The summed E-state index contributed by atoms with van der Waals surface area (Å²) in [6, 6.07) is 18.4. The second kappa shape index (κ2) is 7.35. The van der Waals surface area contributed by atoms with Gasteiger partial charge in [-0.15, -0.1) is 0 Å². The molecule has 2 aromatic heterocycles. The van der Waals surface area contributed by atoms with Crippen LogP contribution in [0.2, 0.25) is 0 Å². The largest absolute Gasteiger partial charge is 0.457 e. The minimum atomic E-state index is 0.290. The average Bonchev–Trinajstić information content (AvgIpc) is 3.22. The number of hydrogen-bond donors (Lipinski definition) is 2. The molecule has 1 aliphatic carbocycles. The second-order valence-electron chi connectivity index (χ2n) is 8.45. The minimum Gasteiger partial charge on any atom is -0.457 e. The van der Waals surface area contributed by atoms with Gasteiger partial charge in [-0.25, -0.2) is 14.6 Å². The standard InChI is InChI=1S/C24H24N6O/c25-23-21-22(16-7-9-18(10-8-16)31-17-4-2-1-3-5-17)29-30(24(21)28-14-27-23)20-12-15-6-11-19(20)26-13-15/h1-5,7-10,14-15,19-20,26H,6,11-13H2,(H2,25,27,28). The van der Waals surface area contributed by atoms with Crippen molar-refractivity contribution in [2.45, 2.75) is 31.3 Å². The number of fused-ring (bicyclic) bond motifs is 4. The molecule has 156 valence electrons. The maximum absolute atomic E-state index is 6.30. The Kier molecular flexibility index (Phi) is 4.35. The van der Waals surface area contributed by atoms with Crippen molar-refractivity contribution in [1.82, 2.24) is 25.1 Å². The Morgan fingerprint density at radius 1 is 0.968 bits per heavy atom. The summed E-state index contributed by atoms with van der Waals surface area (Å²) in [5, 5.41) is 9.52. The van der Waals surface area contributed by atoms with Crippen LogP contribution < -0.4 is 15.8 Å². The van der Waals surface area contributed by atoms with E-state index in [1.165, 1.54) is 19.2 Å². The molecule has 7 nitrogen and oxygen atoms in total. The molecule has 0 spiro atoms. The molecule has 0 radical (unpaired) electrons. The molecule has 1 saturated carbocycles. The van der Waals surface area contributed by atoms with Gasteiger partial charge >= 0.3 is 0 Å². The predicted molar refractivity (Wildman–Crippen MR) is 120 cm³/mol. The molecule has 3 aliphatic rings. The van der Waals surface area contributed by atoms with E-state index in [-0.39, 0.29) is 0 Å². The molecular weight excluding hydrogens is 388 g/mol. The number of anilines is 1. The zero-order chi connectivity index (χ0) is 20.8. The molecule has 2 saturated heterocycles. The number of rotatable bonds is 4. The summed E-state index contributed by atoms with van der Waals surface area (Å²) in [5.74, 6) is 2.75. The number of piperidine rings is 2. The van der Waals surface area contributed by atoms with E-state index in [9.17, 15) is 0 Å². The fraction of sp³-hybridized carbons (Fsp3) is 0.292. The van der Waals surface area contributed by atoms with Crippen molar-refractivity contribution in [3.05, 3.63) is 60.9 Å². The van der Waals surface area contributed by atoms with Crippen molar-refractivity contribution in [3.8, 4) is 22.8 Å². The Morgan fingerprint density at radius 2 is 1.77 bits per heavy atom. The van der Waals surface area contributed by atoms with Crippen LogP contribution in [0.1, 0.15) is 25.3 Å². The first-order valence-electron chi connectivity index (χ1n) is 10.8. The lowest BCUT2D eigenvalue weighted by Crippen LogP contribution is -2.51. The molecular formula is C24H24N6O. The molecule has 2 aromatic carbocycles. The van der Waals surface area contributed by atoms with Crippen molar-refractivity contribution >= 4 is 16.9 Å². The Balaban J connectivity index is 1.39. The average molecular weight is 412 g/mol. The summed E-state index contributed by atoms with van der Waals surface area (Å²) < 4.78 is 8.01. The second-order valence-corrected chi connectivity index (χ2v) is 8.45. The predicted octanol–water partition coefficient (Wildman–Crippen LogP) is 4.18. The number of nitrogens with zero attached hydrogens (tertiary/aromatic N) is 4. The first-order chi connectivity index (χ1) is 15.3. The number of ether oxygens (including phenoxy) is 1. The van der Waals surface area contributed by atoms with Crippen LogP contribution in [0.4, 0.5) is 5.82 Å². The summed E-state index contributed by atoms with van der Waals surface area (Å²) in [7, 11) is 0. The quantitative estimate of drug-likeness (QED) is 0.523. The van der Waals surface area contributed by atoms with Crippen molar-refractivity contribution in [2.75, 3.05) is 12.3 Å². The number of aromatic nitrogens is 4. The van der Waals surface area contributed by atoms with Gasteiger partial charge in [0.25, 0.3) is 0 Å². The molecule has 3 N–H and O–H groups in total. The van der Waals surface area contributed by atoms with Crippen molar-refractivity contribution in [1.29, 1.82) is 0 Å². The number of nitrogens with two attached hydrogens (primary N) is 1. The topological polar surface area (TPSA) is 90.9 Å². The van der Waals surface area contributed by atoms with Crippen LogP contribution in [0, 0.1) is 5.92 Å². The third kappa shape index (κ3) is 3.21. The number of para-hydroxylation sites is 1. The molecule has 31 heavy (non-hydrogen) atoms. The molecule has 7 heteroatoms. The molecule has 4 aromatic rings.